The average molecular weight is 291 g/mol. The van der Waals surface area contributed by atoms with E-state index >= 15 is 0 Å². The molecule has 112 valence electrons. The third kappa shape index (κ3) is 8.58. The number of carbonyl (C=O) groups is 2. The van der Waals surface area contributed by atoms with Crippen LogP contribution in [0.25, 0.3) is 0 Å². The lowest BCUT2D eigenvalue weighted by Crippen LogP contribution is -2.40. The van der Waals surface area contributed by atoms with Gasteiger partial charge < -0.3 is 15.5 Å². The van der Waals surface area contributed by atoms with Gasteiger partial charge >= 0.3 is 6.03 Å². The molecule has 0 rings (SSSR count). The third-order valence-electron chi connectivity index (χ3n) is 2.38. The molecule has 0 saturated heterocycles. The van der Waals surface area contributed by atoms with Crippen molar-refractivity contribution in [1.82, 2.24) is 15.5 Å². The molecule has 0 aliphatic rings. The van der Waals surface area contributed by atoms with Crippen LogP contribution in [0.15, 0.2) is 0 Å². The molecule has 0 aliphatic heterocycles. The number of carbonyl (C=O) groups excluding carboxylic acids is 2. The first-order valence-electron chi connectivity index (χ1n) is 6.25. The highest BCUT2D eigenvalue weighted by molar-refractivity contribution is 7.86. The number of nitrogens with one attached hydrogen (secondary N) is 2. The van der Waals surface area contributed by atoms with Crippen molar-refractivity contribution >= 4 is 22.7 Å². The highest BCUT2D eigenvalue weighted by Gasteiger charge is 2.18. The number of hydrogen-bond acceptors (Lipinski definition) is 3. The standard InChI is InChI=1S/C12H25N3O3S/c1-12(2,3)19(18)9-8-14-11(17)13-7-6-10(16)15(4)5/h6-9H2,1-5H3,(H2,13,14,17). The topological polar surface area (TPSA) is 78.5 Å². The fraction of sp³-hybridized carbons (Fsp3) is 0.833. The molecule has 0 aromatic heterocycles. The Labute approximate surface area is 117 Å². The summed E-state index contributed by atoms with van der Waals surface area (Å²) >= 11 is 0. The van der Waals surface area contributed by atoms with E-state index < -0.39 is 10.8 Å². The zero-order chi connectivity index (χ0) is 15.1. The van der Waals surface area contributed by atoms with E-state index in [1.54, 1.807) is 14.1 Å². The van der Waals surface area contributed by atoms with Gasteiger partial charge in [0.1, 0.15) is 0 Å². The zero-order valence-electron chi connectivity index (χ0n) is 12.4. The number of rotatable bonds is 6. The zero-order valence-corrected chi connectivity index (χ0v) is 13.2. The summed E-state index contributed by atoms with van der Waals surface area (Å²) in [6.45, 7) is 6.35. The van der Waals surface area contributed by atoms with Gasteiger partial charge in [-0.05, 0) is 20.8 Å². The Morgan fingerprint density at radius 2 is 1.63 bits per heavy atom. The van der Waals surface area contributed by atoms with Gasteiger partial charge in [0.05, 0.1) is 0 Å². The Morgan fingerprint density at radius 3 is 2.11 bits per heavy atom. The molecule has 0 radical (unpaired) electrons. The Bertz CT molecular complexity index is 338. The van der Waals surface area contributed by atoms with E-state index in [9.17, 15) is 13.8 Å². The first kappa shape index (κ1) is 17.9. The second kappa shape index (κ2) is 8.14. The summed E-state index contributed by atoms with van der Waals surface area (Å²) in [6.07, 6.45) is 0.272. The predicted molar refractivity (Wildman–Crippen MR) is 77.5 cm³/mol. The van der Waals surface area contributed by atoms with Crippen LogP contribution in [0.5, 0.6) is 0 Å². The molecule has 0 aliphatic carbocycles. The van der Waals surface area contributed by atoms with E-state index in [0.29, 0.717) is 18.8 Å². The maximum atomic E-state index is 11.7. The number of nitrogens with zero attached hydrogens (tertiary/aromatic N) is 1. The molecule has 0 fully saturated rings. The number of amides is 3. The second-order valence-electron chi connectivity index (χ2n) is 5.38. The lowest BCUT2D eigenvalue weighted by atomic mass is 10.3. The summed E-state index contributed by atoms with van der Waals surface area (Å²) < 4.78 is 11.4. The van der Waals surface area contributed by atoms with Gasteiger partial charge in [0.25, 0.3) is 0 Å². The maximum absolute atomic E-state index is 11.7. The van der Waals surface area contributed by atoms with E-state index in [0.717, 1.165) is 0 Å². The monoisotopic (exact) mass is 291 g/mol. The van der Waals surface area contributed by atoms with E-state index in [-0.39, 0.29) is 23.1 Å². The van der Waals surface area contributed by atoms with E-state index in [2.05, 4.69) is 10.6 Å². The lowest BCUT2D eigenvalue weighted by molar-refractivity contribution is -0.128. The van der Waals surface area contributed by atoms with Gasteiger partial charge in [0.2, 0.25) is 5.91 Å². The summed E-state index contributed by atoms with van der Waals surface area (Å²) in [5, 5.41) is 5.21. The molecule has 1 atom stereocenters. The summed E-state index contributed by atoms with van der Waals surface area (Å²) in [5.41, 5.74) is 0. The first-order valence-corrected chi connectivity index (χ1v) is 7.57. The molecule has 1 unspecified atom stereocenters. The van der Waals surface area contributed by atoms with Gasteiger partial charge in [-0.25, -0.2) is 4.79 Å². The molecule has 6 nitrogen and oxygen atoms in total. The molecular formula is C12H25N3O3S. The van der Waals surface area contributed by atoms with Gasteiger partial charge in [-0.2, -0.15) is 0 Å². The molecule has 0 bridgehead atoms. The Morgan fingerprint density at radius 1 is 1.11 bits per heavy atom. The van der Waals surface area contributed by atoms with Crippen molar-refractivity contribution in [2.45, 2.75) is 31.9 Å². The van der Waals surface area contributed by atoms with Gasteiger partial charge in [-0.1, -0.05) is 0 Å². The van der Waals surface area contributed by atoms with Crippen LogP contribution in [-0.4, -0.2) is 58.7 Å². The fourth-order valence-electron chi connectivity index (χ4n) is 1.13. The smallest absolute Gasteiger partial charge is 0.314 e. The van der Waals surface area contributed by atoms with Crippen LogP contribution in [0.1, 0.15) is 27.2 Å². The normalized spacial score (nSPS) is 12.7. The predicted octanol–water partition coefficient (Wildman–Crippen LogP) is 0.311. The Hall–Kier alpha value is -1.11. The molecule has 0 aromatic rings. The van der Waals surface area contributed by atoms with Crippen LogP contribution in [0, 0.1) is 0 Å². The van der Waals surface area contributed by atoms with Crippen LogP contribution in [0.3, 0.4) is 0 Å². The molecule has 0 aromatic carbocycles. The summed E-state index contributed by atoms with van der Waals surface area (Å²) in [5.74, 6) is 0.391. The SMILES string of the molecule is CN(C)C(=O)CCNC(=O)NCCS(=O)C(C)(C)C. The average Bonchev–Trinajstić information content (AvgIpc) is 2.27. The van der Waals surface area contributed by atoms with E-state index in [1.807, 2.05) is 20.8 Å². The van der Waals surface area contributed by atoms with Gasteiger partial charge in [-0.15, -0.1) is 0 Å². The van der Waals surface area contributed by atoms with Crippen LogP contribution < -0.4 is 10.6 Å². The fourth-order valence-corrected chi connectivity index (χ4v) is 2.03. The quantitative estimate of drug-likeness (QED) is 0.739. The molecule has 7 heteroatoms. The van der Waals surface area contributed by atoms with Gasteiger partial charge in [0, 0.05) is 54.9 Å². The van der Waals surface area contributed by atoms with Crippen molar-refractivity contribution in [3.05, 3.63) is 0 Å². The molecule has 3 amide bonds. The molecule has 0 spiro atoms. The highest BCUT2D eigenvalue weighted by Crippen LogP contribution is 2.10. The minimum atomic E-state index is -0.976. The Balaban J connectivity index is 3.72. The first-order chi connectivity index (χ1) is 8.64. The van der Waals surface area contributed by atoms with Crippen molar-refractivity contribution in [1.29, 1.82) is 0 Å². The van der Waals surface area contributed by atoms with Crippen LogP contribution in [0.2, 0.25) is 0 Å². The van der Waals surface area contributed by atoms with E-state index in [4.69, 9.17) is 0 Å². The van der Waals surface area contributed by atoms with Crippen LogP contribution >= 0.6 is 0 Å². The van der Waals surface area contributed by atoms with Gasteiger partial charge in [-0.3, -0.25) is 9.00 Å². The molecule has 2 N–H and O–H groups in total. The van der Waals surface area contributed by atoms with E-state index in [1.165, 1.54) is 4.90 Å². The number of hydrogen-bond donors (Lipinski definition) is 2. The van der Waals surface area contributed by atoms with Crippen molar-refractivity contribution in [2.75, 3.05) is 32.9 Å². The summed E-state index contributed by atoms with van der Waals surface area (Å²) in [7, 11) is 2.37. The minimum absolute atomic E-state index is 0.0332. The minimum Gasteiger partial charge on any atom is -0.349 e. The largest absolute Gasteiger partial charge is 0.349 e. The van der Waals surface area contributed by atoms with Crippen molar-refractivity contribution in [2.24, 2.45) is 0 Å². The molecule has 0 heterocycles. The van der Waals surface area contributed by atoms with Crippen molar-refractivity contribution in [3.8, 4) is 0 Å². The summed E-state index contributed by atoms with van der Waals surface area (Å²) in [6, 6.07) is -0.336. The third-order valence-corrected chi connectivity index (χ3v) is 4.32. The molecule has 19 heavy (non-hydrogen) atoms. The van der Waals surface area contributed by atoms with Crippen molar-refractivity contribution in [3.63, 3.8) is 0 Å². The number of urea groups is 1. The maximum Gasteiger partial charge on any atom is 0.314 e. The Kier molecular flexibility index (Phi) is 7.66. The highest BCUT2D eigenvalue weighted by atomic mass is 32.2. The lowest BCUT2D eigenvalue weighted by Gasteiger charge is -2.17. The summed E-state index contributed by atoms with van der Waals surface area (Å²) in [4.78, 5) is 24.1. The molecular weight excluding hydrogens is 266 g/mol. The molecule has 0 saturated carbocycles. The van der Waals surface area contributed by atoms with Gasteiger partial charge in [0.15, 0.2) is 0 Å². The van der Waals surface area contributed by atoms with Crippen molar-refractivity contribution < 1.29 is 13.8 Å². The van der Waals surface area contributed by atoms with Crippen LogP contribution in [0.4, 0.5) is 4.79 Å². The second-order valence-corrected chi connectivity index (χ2v) is 7.71. The van der Waals surface area contributed by atoms with Crippen LogP contribution in [-0.2, 0) is 15.6 Å².